The summed E-state index contributed by atoms with van der Waals surface area (Å²) in [7, 11) is 1.71. The SMILES string of the molecule is COC[C@@]1(O)CC[C@H]2[C@H](CC[C@@H]3[C@@H]2CC[C@]2(C)[C@H](C(=O)N4CCCC[C@@H]4C)C[C@@H]32)C1. The van der Waals surface area contributed by atoms with Crippen molar-refractivity contribution in [3.63, 3.8) is 0 Å². The van der Waals surface area contributed by atoms with Crippen molar-refractivity contribution < 1.29 is 14.6 Å². The number of hydrogen-bond acceptors (Lipinski definition) is 3. The van der Waals surface area contributed by atoms with Crippen molar-refractivity contribution in [2.24, 2.45) is 40.9 Å². The van der Waals surface area contributed by atoms with Gasteiger partial charge >= 0.3 is 0 Å². The Bertz CT molecular complexity index is 667. The van der Waals surface area contributed by atoms with Crippen LogP contribution < -0.4 is 0 Å². The molecule has 1 saturated heterocycles. The monoisotopic (exact) mass is 417 g/mol. The molecule has 4 aliphatic carbocycles. The number of methoxy groups -OCH3 is 1. The highest BCUT2D eigenvalue weighted by molar-refractivity contribution is 5.81. The van der Waals surface area contributed by atoms with E-state index in [2.05, 4.69) is 18.7 Å². The predicted molar refractivity (Wildman–Crippen MR) is 118 cm³/mol. The minimum Gasteiger partial charge on any atom is -0.387 e. The lowest BCUT2D eigenvalue weighted by atomic mass is 9.40. The zero-order chi connectivity index (χ0) is 21.1. The van der Waals surface area contributed by atoms with Gasteiger partial charge < -0.3 is 14.7 Å². The summed E-state index contributed by atoms with van der Waals surface area (Å²) in [5.41, 5.74) is -0.348. The highest BCUT2D eigenvalue weighted by atomic mass is 16.5. The van der Waals surface area contributed by atoms with E-state index in [1.54, 1.807) is 7.11 Å². The Kier molecular flexibility index (Phi) is 5.50. The molecule has 5 aliphatic rings. The normalized spacial score (nSPS) is 50.7. The minimum atomic E-state index is -0.592. The molecule has 0 radical (unpaired) electrons. The number of piperidine rings is 1. The molecule has 1 N–H and O–H groups in total. The van der Waals surface area contributed by atoms with Gasteiger partial charge in [0.2, 0.25) is 5.91 Å². The second-order valence-electron chi connectivity index (χ2n) is 12.0. The van der Waals surface area contributed by atoms with Crippen LogP contribution in [0.1, 0.15) is 84.5 Å². The lowest BCUT2D eigenvalue weighted by Crippen LogP contribution is -2.63. The molecule has 4 saturated carbocycles. The van der Waals surface area contributed by atoms with E-state index in [1.165, 1.54) is 51.4 Å². The molecule has 5 rings (SSSR count). The van der Waals surface area contributed by atoms with Gasteiger partial charge in [-0.3, -0.25) is 4.79 Å². The molecular formula is C26H43NO3. The Morgan fingerprint density at radius 3 is 2.63 bits per heavy atom. The molecule has 0 aromatic heterocycles. The van der Waals surface area contributed by atoms with E-state index in [0.29, 0.717) is 24.5 Å². The number of amides is 1. The maximum atomic E-state index is 13.5. The van der Waals surface area contributed by atoms with Gasteiger partial charge in [-0.2, -0.15) is 0 Å². The number of carbonyl (C=O) groups is 1. The fraction of sp³-hybridized carbons (Fsp3) is 0.962. The second kappa shape index (κ2) is 7.76. The van der Waals surface area contributed by atoms with Crippen LogP contribution in [0.2, 0.25) is 0 Å². The maximum absolute atomic E-state index is 13.5. The smallest absolute Gasteiger partial charge is 0.226 e. The van der Waals surface area contributed by atoms with Gasteiger partial charge in [-0.15, -0.1) is 0 Å². The first-order valence-electron chi connectivity index (χ1n) is 12.9. The van der Waals surface area contributed by atoms with Crippen LogP contribution in [0.4, 0.5) is 0 Å². The van der Waals surface area contributed by atoms with E-state index >= 15 is 0 Å². The average molecular weight is 418 g/mol. The van der Waals surface area contributed by atoms with Crippen molar-refractivity contribution >= 4 is 5.91 Å². The molecule has 0 aromatic rings. The zero-order valence-corrected chi connectivity index (χ0v) is 19.4. The van der Waals surface area contributed by atoms with E-state index in [-0.39, 0.29) is 11.3 Å². The highest BCUT2D eigenvalue weighted by Crippen LogP contribution is 2.67. The molecular weight excluding hydrogens is 374 g/mol. The van der Waals surface area contributed by atoms with Gasteiger partial charge in [-0.05, 0) is 113 Å². The fourth-order valence-electron chi connectivity index (χ4n) is 8.96. The summed E-state index contributed by atoms with van der Waals surface area (Å²) >= 11 is 0. The summed E-state index contributed by atoms with van der Waals surface area (Å²) < 4.78 is 5.33. The van der Waals surface area contributed by atoms with Crippen molar-refractivity contribution in [3.05, 3.63) is 0 Å². The van der Waals surface area contributed by atoms with Crippen LogP contribution in [0.3, 0.4) is 0 Å². The molecule has 1 aliphatic heterocycles. The largest absolute Gasteiger partial charge is 0.387 e. The van der Waals surface area contributed by atoms with Crippen molar-refractivity contribution in [2.75, 3.05) is 20.3 Å². The van der Waals surface area contributed by atoms with Gasteiger partial charge in [0, 0.05) is 25.6 Å². The first kappa shape index (κ1) is 21.2. The van der Waals surface area contributed by atoms with Crippen LogP contribution in [0.15, 0.2) is 0 Å². The number of nitrogens with zero attached hydrogens (tertiary/aromatic N) is 1. The lowest BCUT2D eigenvalue weighted by molar-refractivity contribution is -0.189. The molecule has 0 spiro atoms. The number of fused-ring (bicyclic) bond motifs is 5. The van der Waals surface area contributed by atoms with E-state index < -0.39 is 5.60 Å². The van der Waals surface area contributed by atoms with Crippen LogP contribution in [0.25, 0.3) is 0 Å². The molecule has 5 fully saturated rings. The summed E-state index contributed by atoms with van der Waals surface area (Å²) in [4.78, 5) is 15.7. The Morgan fingerprint density at radius 2 is 1.87 bits per heavy atom. The van der Waals surface area contributed by atoms with Gasteiger partial charge in [-0.25, -0.2) is 0 Å². The number of likely N-dealkylation sites (tertiary alicyclic amines) is 1. The molecule has 1 heterocycles. The van der Waals surface area contributed by atoms with Crippen LogP contribution in [-0.2, 0) is 9.53 Å². The number of aliphatic hydroxyl groups is 1. The fourth-order valence-corrected chi connectivity index (χ4v) is 8.96. The lowest BCUT2D eigenvalue weighted by Gasteiger charge is -2.65. The summed E-state index contributed by atoms with van der Waals surface area (Å²) in [6.07, 6.45) is 12.9. The molecule has 0 unspecified atom stereocenters. The molecule has 30 heavy (non-hydrogen) atoms. The summed E-state index contributed by atoms with van der Waals surface area (Å²) in [5.74, 6) is 4.64. The van der Waals surface area contributed by atoms with E-state index in [1.807, 2.05) is 0 Å². The number of carbonyl (C=O) groups excluding carboxylic acids is 1. The number of hydrogen-bond donors (Lipinski definition) is 1. The van der Waals surface area contributed by atoms with Crippen LogP contribution >= 0.6 is 0 Å². The van der Waals surface area contributed by atoms with Crippen LogP contribution in [-0.4, -0.2) is 47.8 Å². The minimum absolute atomic E-state index is 0.244. The van der Waals surface area contributed by atoms with Crippen molar-refractivity contribution in [1.82, 2.24) is 4.90 Å². The molecule has 4 nitrogen and oxygen atoms in total. The third kappa shape index (κ3) is 3.27. The molecule has 9 atom stereocenters. The standard InChI is InChI=1S/C26H43NO3/c1-17-6-4-5-13-27(17)24(28)23-14-22-21-8-7-18-15-26(29,16-30-3)12-10-19(18)20(21)9-11-25(22,23)2/h17-23,29H,4-16H2,1-3H3/t17-,18+,19-,20+,21+,22-,23-,25-,26+/m0/s1. The van der Waals surface area contributed by atoms with E-state index in [4.69, 9.17) is 4.74 Å². The third-order valence-corrected chi connectivity index (χ3v) is 10.6. The Hall–Kier alpha value is -0.610. The summed E-state index contributed by atoms with van der Waals surface area (Å²) in [5, 5.41) is 10.9. The zero-order valence-electron chi connectivity index (χ0n) is 19.4. The average Bonchev–Trinajstić information content (AvgIpc) is 2.71. The quantitative estimate of drug-likeness (QED) is 0.727. The van der Waals surface area contributed by atoms with Crippen LogP contribution in [0.5, 0.6) is 0 Å². The first-order chi connectivity index (χ1) is 14.4. The topological polar surface area (TPSA) is 49.8 Å². The van der Waals surface area contributed by atoms with E-state index in [0.717, 1.165) is 49.5 Å². The van der Waals surface area contributed by atoms with Crippen molar-refractivity contribution in [1.29, 1.82) is 0 Å². The maximum Gasteiger partial charge on any atom is 0.226 e. The van der Waals surface area contributed by atoms with Crippen molar-refractivity contribution in [2.45, 2.75) is 96.1 Å². The third-order valence-electron chi connectivity index (χ3n) is 10.6. The van der Waals surface area contributed by atoms with Gasteiger partial charge in [0.25, 0.3) is 0 Å². The van der Waals surface area contributed by atoms with Crippen LogP contribution in [0, 0.1) is 40.9 Å². The second-order valence-corrected chi connectivity index (χ2v) is 12.0. The molecule has 1 amide bonds. The molecule has 4 heteroatoms. The van der Waals surface area contributed by atoms with Gasteiger partial charge in [-0.1, -0.05) is 6.92 Å². The van der Waals surface area contributed by atoms with Gasteiger partial charge in [0.1, 0.15) is 0 Å². The molecule has 0 bridgehead atoms. The summed E-state index contributed by atoms with van der Waals surface area (Å²) in [6, 6.07) is 0.439. The Morgan fingerprint density at radius 1 is 1.07 bits per heavy atom. The summed E-state index contributed by atoms with van der Waals surface area (Å²) in [6.45, 7) is 6.18. The number of rotatable bonds is 3. The van der Waals surface area contributed by atoms with Crippen molar-refractivity contribution in [3.8, 4) is 0 Å². The molecule has 170 valence electrons. The predicted octanol–water partition coefficient (Wildman–Crippen LogP) is 4.64. The van der Waals surface area contributed by atoms with E-state index in [9.17, 15) is 9.90 Å². The van der Waals surface area contributed by atoms with Gasteiger partial charge in [0.15, 0.2) is 0 Å². The van der Waals surface area contributed by atoms with Gasteiger partial charge in [0.05, 0.1) is 12.2 Å². The Balaban J connectivity index is 1.26. The first-order valence-corrected chi connectivity index (χ1v) is 12.9. The molecule has 0 aromatic carbocycles. The Labute approximate surface area is 183 Å². The number of ether oxygens (including phenoxy) is 1. The highest BCUT2D eigenvalue weighted by Gasteiger charge is 2.63.